The predicted octanol–water partition coefficient (Wildman–Crippen LogP) is 2.54. The monoisotopic (exact) mass is 333 g/mol. The van der Waals surface area contributed by atoms with Gasteiger partial charge in [0.15, 0.2) is 0 Å². The van der Waals surface area contributed by atoms with E-state index in [0.717, 1.165) is 36.6 Å². The fraction of sp³-hybridized carbons (Fsp3) is 0.353. The lowest BCUT2D eigenvalue weighted by molar-refractivity contribution is 0.0955. The summed E-state index contributed by atoms with van der Waals surface area (Å²) in [6.07, 6.45) is 0. The van der Waals surface area contributed by atoms with Crippen LogP contribution in [0.25, 0.3) is 0 Å². The standard InChI is InChI=1S/C17H20FN3OS/c1-12-2-5-16(23-12)17(22)20-11-13-3-4-15(14(18)10-13)21-8-6-19-7-9-21/h2-5,10,19H,6-9,11H2,1H3,(H,20,22). The molecule has 0 bridgehead atoms. The second kappa shape index (κ2) is 7.10. The third-order valence-electron chi connectivity index (χ3n) is 3.89. The molecule has 0 unspecified atom stereocenters. The number of hydrogen-bond acceptors (Lipinski definition) is 4. The average Bonchev–Trinajstić information content (AvgIpc) is 3.00. The van der Waals surface area contributed by atoms with Crippen LogP contribution in [0.1, 0.15) is 20.1 Å². The SMILES string of the molecule is Cc1ccc(C(=O)NCc2ccc(N3CCNCC3)c(F)c2)s1. The van der Waals surface area contributed by atoms with E-state index in [1.807, 2.05) is 30.0 Å². The molecule has 23 heavy (non-hydrogen) atoms. The maximum Gasteiger partial charge on any atom is 0.261 e. The lowest BCUT2D eigenvalue weighted by atomic mass is 10.1. The fourth-order valence-electron chi connectivity index (χ4n) is 2.65. The molecule has 2 N–H and O–H groups in total. The highest BCUT2D eigenvalue weighted by molar-refractivity contribution is 7.13. The van der Waals surface area contributed by atoms with E-state index < -0.39 is 0 Å². The Labute approximate surface area is 139 Å². The van der Waals surface area contributed by atoms with Crippen LogP contribution in [0.5, 0.6) is 0 Å². The van der Waals surface area contributed by atoms with Gasteiger partial charge < -0.3 is 15.5 Å². The van der Waals surface area contributed by atoms with Gasteiger partial charge >= 0.3 is 0 Å². The third kappa shape index (κ3) is 3.89. The lowest BCUT2D eigenvalue weighted by Crippen LogP contribution is -2.43. The molecule has 0 saturated carbocycles. The second-order valence-corrected chi connectivity index (χ2v) is 6.90. The molecule has 1 fully saturated rings. The molecule has 1 saturated heterocycles. The Hall–Kier alpha value is -1.92. The number of carbonyl (C=O) groups is 1. The van der Waals surface area contributed by atoms with Crippen molar-refractivity contribution in [3.63, 3.8) is 0 Å². The van der Waals surface area contributed by atoms with Gasteiger partial charge in [-0.1, -0.05) is 6.07 Å². The second-order valence-electron chi connectivity index (χ2n) is 5.62. The molecular formula is C17H20FN3OS. The number of rotatable bonds is 4. The van der Waals surface area contributed by atoms with E-state index in [0.29, 0.717) is 17.1 Å². The fourth-order valence-corrected chi connectivity index (χ4v) is 3.43. The Kier molecular flexibility index (Phi) is 4.93. The molecule has 3 rings (SSSR count). The maximum atomic E-state index is 14.3. The molecule has 2 heterocycles. The van der Waals surface area contributed by atoms with Crippen LogP contribution in [-0.4, -0.2) is 32.1 Å². The van der Waals surface area contributed by atoms with Crippen LogP contribution in [0.15, 0.2) is 30.3 Å². The van der Waals surface area contributed by atoms with Gasteiger partial charge in [-0.3, -0.25) is 4.79 Å². The maximum absolute atomic E-state index is 14.3. The third-order valence-corrected chi connectivity index (χ3v) is 4.89. The van der Waals surface area contributed by atoms with E-state index in [9.17, 15) is 9.18 Å². The van der Waals surface area contributed by atoms with Gasteiger partial charge in [-0.2, -0.15) is 0 Å². The Morgan fingerprint density at radius 2 is 2.09 bits per heavy atom. The Morgan fingerprint density at radius 3 is 2.74 bits per heavy atom. The summed E-state index contributed by atoms with van der Waals surface area (Å²) in [5.41, 5.74) is 1.40. The first-order valence-corrected chi connectivity index (χ1v) is 8.54. The normalized spacial score (nSPS) is 14.8. The molecule has 1 aromatic carbocycles. The van der Waals surface area contributed by atoms with Gasteiger partial charge in [0.1, 0.15) is 5.82 Å². The molecule has 0 aliphatic carbocycles. The average molecular weight is 333 g/mol. The van der Waals surface area contributed by atoms with E-state index in [1.165, 1.54) is 17.4 Å². The number of thiophene rings is 1. The quantitative estimate of drug-likeness (QED) is 0.904. The minimum atomic E-state index is -0.231. The molecule has 1 aromatic heterocycles. The Morgan fingerprint density at radius 1 is 1.30 bits per heavy atom. The summed E-state index contributed by atoms with van der Waals surface area (Å²) >= 11 is 1.46. The van der Waals surface area contributed by atoms with Crippen molar-refractivity contribution in [1.82, 2.24) is 10.6 Å². The Balaban J connectivity index is 1.62. The van der Waals surface area contributed by atoms with Crippen LogP contribution in [0.4, 0.5) is 10.1 Å². The first-order chi connectivity index (χ1) is 11.1. The number of nitrogens with one attached hydrogen (secondary N) is 2. The van der Waals surface area contributed by atoms with Crippen LogP contribution in [0.3, 0.4) is 0 Å². The first-order valence-electron chi connectivity index (χ1n) is 7.72. The van der Waals surface area contributed by atoms with Crippen LogP contribution < -0.4 is 15.5 Å². The van der Waals surface area contributed by atoms with E-state index in [-0.39, 0.29) is 11.7 Å². The van der Waals surface area contributed by atoms with Crippen molar-refractivity contribution in [3.05, 3.63) is 51.5 Å². The molecule has 122 valence electrons. The van der Waals surface area contributed by atoms with Crippen LogP contribution in [-0.2, 0) is 6.54 Å². The van der Waals surface area contributed by atoms with Crippen molar-refractivity contribution in [1.29, 1.82) is 0 Å². The van der Waals surface area contributed by atoms with Crippen molar-refractivity contribution in [2.45, 2.75) is 13.5 Å². The zero-order valence-electron chi connectivity index (χ0n) is 13.1. The van der Waals surface area contributed by atoms with Gasteiger partial charge in [-0.15, -0.1) is 11.3 Å². The van der Waals surface area contributed by atoms with Gasteiger partial charge in [-0.25, -0.2) is 4.39 Å². The Bertz CT molecular complexity index is 695. The van der Waals surface area contributed by atoms with Crippen molar-refractivity contribution >= 4 is 22.9 Å². The summed E-state index contributed by atoms with van der Waals surface area (Å²) in [6.45, 7) is 5.66. The van der Waals surface area contributed by atoms with E-state index in [2.05, 4.69) is 10.6 Å². The minimum absolute atomic E-state index is 0.116. The number of anilines is 1. The first kappa shape index (κ1) is 16.0. The van der Waals surface area contributed by atoms with Crippen LogP contribution >= 0.6 is 11.3 Å². The summed E-state index contributed by atoms with van der Waals surface area (Å²) in [6, 6.07) is 8.92. The van der Waals surface area contributed by atoms with E-state index in [4.69, 9.17) is 0 Å². The molecule has 1 aliphatic heterocycles. The van der Waals surface area contributed by atoms with Gasteiger partial charge in [0.2, 0.25) is 0 Å². The van der Waals surface area contributed by atoms with Crippen molar-refractivity contribution in [2.75, 3.05) is 31.1 Å². The zero-order valence-corrected chi connectivity index (χ0v) is 13.9. The highest BCUT2D eigenvalue weighted by Gasteiger charge is 2.15. The number of aryl methyl sites for hydroxylation is 1. The largest absolute Gasteiger partial charge is 0.367 e. The molecule has 4 nitrogen and oxygen atoms in total. The summed E-state index contributed by atoms with van der Waals surface area (Å²) < 4.78 is 14.3. The highest BCUT2D eigenvalue weighted by atomic mass is 32.1. The molecule has 6 heteroatoms. The van der Waals surface area contributed by atoms with Gasteiger partial charge in [-0.05, 0) is 36.8 Å². The number of halogens is 1. The van der Waals surface area contributed by atoms with E-state index >= 15 is 0 Å². The minimum Gasteiger partial charge on any atom is -0.367 e. The number of carbonyl (C=O) groups excluding carboxylic acids is 1. The molecular weight excluding hydrogens is 313 g/mol. The molecule has 0 spiro atoms. The summed E-state index contributed by atoms with van der Waals surface area (Å²) in [4.78, 5) is 15.8. The van der Waals surface area contributed by atoms with Crippen LogP contribution in [0, 0.1) is 12.7 Å². The summed E-state index contributed by atoms with van der Waals surface area (Å²) in [7, 11) is 0. The molecule has 0 radical (unpaired) electrons. The molecule has 2 aromatic rings. The molecule has 1 aliphatic rings. The molecule has 0 atom stereocenters. The van der Waals surface area contributed by atoms with Gasteiger partial charge in [0, 0.05) is 37.6 Å². The summed E-state index contributed by atoms with van der Waals surface area (Å²) in [5, 5.41) is 6.09. The highest BCUT2D eigenvalue weighted by Crippen LogP contribution is 2.21. The topological polar surface area (TPSA) is 44.4 Å². The molecule has 1 amide bonds. The van der Waals surface area contributed by atoms with Crippen LogP contribution in [0.2, 0.25) is 0 Å². The smallest absolute Gasteiger partial charge is 0.261 e. The lowest BCUT2D eigenvalue weighted by Gasteiger charge is -2.29. The zero-order chi connectivity index (χ0) is 16.2. The number of amides is 1. The van der Waals surface area contributed by atoms with Gasteiger partial charge in [0.25, 0.3) is 5.91 Å². The van der Waals surface area contributed by atoms with Gasteiger partial charge in [0.05, 0.1) is 10.6 Å². The number of nitrogens with zero attached hydrogens (tertiary/aromatic N) is 1. The van der Waals surface area contributed by atoms with Crippen molar-refractivity contribution in [2.24, 2.45) is 0 Å². The predicted molar refractivity (Wildman–Crippen MR) is 91.7 cm³/mol. The number of piperazine rings is 1. The van der Waals surface area contributed by atoms with Crippen molar-refractivity contribution < 1.29 is 9.18 Å². The van der Waals surface area contributed by atoms with Crippen molar-refractivity contribution in [3.8, 4) is 0 Å². The number of hydrogen-bond donors (Lipinski definition) is 2. The number of benzene rings is 1. The summed E-state index contributed by atoms with van der Waals surface area (Å²) in [5.74, 6) is -0.347. The van der Waals surface area contributed by atoms with E-state index in [1.54, 1.807) is 6.07 Å².